The third kappa shape index (κ3) is 7.95. The molecule has 0 saturated heterocycles. The lowest BCUT2D eigenvalue weighted by atomic mass is 10.0. The van der Waals surface area contributed by atoms with Crippen molar-refractivity contribution in [2.45, 2.75) is 66.1 Å². The van der Waals surface area contributed by atoms with Gasteiger partial charge in [-0.25, -0.2) is 0 Å². The van der Waals surface area contributed by atoms with Crippen molar-refractivity contribution in [2.75, 3.05) is 0 Å². The number of benzene rings is 1. The zero-order chi connectivity index (χ0) is 17.9. The van der Waals surface area contributed by atoms with Gasteiger partial charge in [-0.15, -0.1) is 0 Å². The topological polar surface area (TPSA) is 52.6 Å². The maximum atomic E-state index is 11.1. The zero-order valence-corrected chi connectivity index (χ0v) is 15.1. The highest BCUT2D eigenvalue weighted by Gasteiger charge is 2.17. The lowest BCUT2D eigenvalue weighted by Gasteiger charge is -2.17. The second kappa shape index (κ2) is 10.6. The highest BCUT2D eigenvalue weighted by molar-refractivity contribution is 5.69. The minimum absolute atomic E-state index is 0.489. The van der Waals surface area contributed by atoms with Gasteiger partial charge in [-0.1, -0.05) is 50.5 Å². The van der Waals surface area contributed by atoms with Gasteiger partial charge < -0.3 is 9.47 Å². The summed E-state index contributed by atoms with van der Waals surface area (Å²) in [6, 6.07) is 8.27. The fourth-order valence-corrected chi connectivity index (χ4v) is 2.38. The fraction of sp³-hybridized carbons (Fsp3) is 0.500. The fourth-order valence-electron chi connectivity index (χ4n) is 2.38. The van der Waals surface area contributed by atoms with E-state index >= 15 is 0 Å². The van der Waals surface area contributed by atoms with Gasteiger partial charge in [-0.05, 0) is 37.0 Å². The summed E-state index contributed by atoms with van der Waals surface area (Å²) in [5, 5.41) is 0. The number of carbonyl (C=O) groups is 2. The van der Waals surface area contributed by atoms with Crippen LogP contribution in [-0.2, 0) is 25.5 Å². The van der Waals surface area contributed by atoms with Crippen molar-refractivity contribution >= 4 is 18.0 Å². The first-order chi connectivity index (χ1) is 11.4. The predicted octanol–water partition coefficient (Wildman–Crippen LogP) is 4.67. The van der Waals surface area contributed by atoms with Crippen molar-refractivity contribution in [1.29, 1.82) is 0 Å². The Morgan fingerprint density at radius 1 is 0.958 bits per heavy atom. The monoisotopic (exact) mass is 332 g/mol. The molecule has 0 aliphatic heterocycles. The maximum absolute atomic E-state index is 11.1. The van der Waals surface area contributed by atoms with Crippen molar-refractivity contribution < 1.29 is 19.1 Å². The predicted molar refractivity (Wildman–Crippen MR) is 95.3 cm³/mol. The van der Waals surface area contributed by atoms with Crippen LogP contribution in [0.25, 0.3) is 6.08 Å². The van der Waals surface area contributed by atoms with Gasteiger partial charge in [0.1, 0.15) is 0 Å². The number of hydrogen-bond donors (Lipinski definition) is 0. The molecule has 4 heteroatoms. The SMILES string of the molecule is CCCCCCc1ccc(/C=C(\C)C(OC(C)=O)OC(C)=O)cc1. The number of esters is 2. The highest BCUT2D eigenvalue weighted by Crippen LogP contribution is 2.16. The average Bonchev–Trinajstić information content (AvgIpc) is 2.51. The molecule has 1 aromatic carbocycles. The van der Waals surface area contributed by atoms with Crippen molar-refractivity contribution in [3.63, 3.8) is 0 Å². The van der Waals surface area contributed by atoms with E-state index in [0.717, 1.165) is 12.0 Å². The Kier molecular flexibility index (Phi) is 8.84. The molecule has 0 saturated carbocycles. The molecule has 0 N–H and O–H groups in total. The average molecular weight is 332 g/mol. The number of hydrogen-bond acceptors (Lipinski definition) is 4. The van der Waals surface area contributed by atoms with Gasteiger partial charge in [0, 0.05) is 19.4 Å². The molecule has 0 amide bonds. The van der Waals surface area contributed by atoms with Crippen molar-refractivity contribution in [3.05, 3.63) is 41.0 Å². The molecule has 0 aromatic heterocycles. The maximum Gasteiger partial charge on any atom is 0.305 e. The molecule has 24 heavy (non-hydrogen) atoms. The second-order valence-electron chi connectivity index (χ2n) is 5.99. The van der Waals surface area contributed by atoms with Crippen LogP contribution in [0.4, 0.5) is 0 Å². The number of aryl methyl sites for hydroxylation is 1. The Bertz CT molecular complexity index is 542. The molecule has 4 nitrogen and oxygen atoms in total. The first-order valence-corrected chi connectivity index (χ1v) is 8.54. The van der Waals surface area contributed by atoms with Crippen molar-refractivity contribution in [1.82, 2.24) is 0 Å². The Morgan fingerprint density at radius 2 is 1.54 bits per heavy atom. The molecule has 0 bridgehead atoms. The van der Waals surface area contributed by atoms with Crippen LogP contribution in [-0.4, -0.2) is 18.2 Å². The number of unbranched alkanes of at least 4 members (excludes halogenated alkanes) is 3. The van der Waals surface area contributed by atoms with Crippen LogP contribution >= 0.6 is 0 Å². The normalized spacial score (nSPS) is 11.5. The van der Waals surface area contributed by atoms with Crippen LogP contribution in [0.1, 0.15) is 64.5 Å². The van der Waals surface area contributed by atoms with Crippen LogP contribution in [0.2, 0.25) is 0 Å². The van der Waals surface area contributed by atoms with Crippen LogP contribution in [0.5, 0.6) is 0 Å². The summed E-state index contributed by atoms with van der Waals surface area (Å²) in [6.45, 7) is 6.56. The summed E-state index contributed by atoms with van der Waals surface area (Å²) < 4.78 is 10.1. The largest absolute Gasteiger partial charge is 0.421 e. The summed E-state index contributed by atoms with van der Waals surface area (Å²) in [5.74, 6) is -0.979. The van der Waals surface area contributed by atoms with E-state index in [0.29, 0.717) is 5.57 Å². The van der Waals surface area contributed by atoms with E-state index < -0.39 is 18.2 Å². The summed E-state index contributed by atoms with van der Waals surface area (Å²) >= 11 is 0. The third-order valence-electron chi connectivity index (χ3n) is 3.61. The van der Waals surface area contributed by atoms with Gasteiger partial charge in [-0.2, -0.15) is 0 Å². The molecular formula is C20H28O4. The summed E-state index contributed by atoms with van der Waals surface area (Å²) in [6.07, 6.45) is 6.98. The van der Waals surface area contributed by atoms with E-state index in [1.54, 1.807) is 6.92 Å². The Balaban J connectivity index is 2.71. The van der Waals surface area contributed by atoms with Crippen molar-refractivity contribution in [2.24, 2.45) is 0 Å². The molecule has 0 unspecified atom stereocenters. The quantitative estimate of drug-likeness (QED) is 0.375. The number of rotatable bonds is 9. The molecule has 132 valence electrons. The third-order valence-corrected chi connectivity index (χ3v) is 3.61. The molecule has 0 aliphatic rings. The molecule has 0 radical (unpaired) electrons. The van der Waals surface area contributed by atoms with Crippen LogP contribution in [0.3, 0.4) is 0 Å². The lowest BCUT2D eigenvalue weighted by molar-refractivity contribution is -0.177. The molecule has 0 atom stereocenters. The van der Waals surface area contributed by atoms with E-state index in [1.807, 2.05) is 18.2 Å². The smallest absolute Gasteiger partial charge is 0.305 e. The van der Waals surface area contributed by atoms with Gasteiger partial charge in [0.2, 0.25) is 0 Å². The molecular weight excluding hydrogens is 304 g/mol. The number of carbonyl (C=O) groups excluding carboxylic acids is 2. The van der Waals surface area contributed by atoms with Gasteiger partial charge >= 0.3 is 11.9 Å². The van der Waals surface area contributed by atoms with E-state index in [4.69, 9.17) is 9.47 Å². The second-order valence-corrected chi connectivity index (χ2v) is 5.99. The zero-order valence-electron chi connectivity index (χ0n) is 15.1. The Hall–Kier alpha value is -2.10. The minimum atomic E-state index is -0.978. The molecule has 1 rings (SSSR count). The van der Waals surface area contributed by atoms with E-state index in [-0.39, 0.29) is 0 Å². The van der Waals surface area contributed by atoms with Gasteiger partial charge in [0.05, 0.1) is 0 Å². The van der Waals surface area contributed by atoms with Crippen LogP contribution < -0.4 is 0 Å². The summed E-state index contributed by atoms with van der Waals surface area (Å²) in [4.78, 5) is 22.3. The Morgan fingerprint density at radius 3 is 2.04 bits per heavy atom. The lowest BCUT2D eigenvalue weighted by Crippen LogP contribution is -2.23. The first kappa shape index (κ1) is 19.9. The van der Waals surface area contributed by atoms with E-state index in [2.05, 4.69) is 19.1 Å². The molecule has 0 aliphatic carbocycles. The number of ether oxygens (including phenoxy) is 2. The molecule has 0 spiro atoms. The molecule has 1 aromatic rings. The van der Waals surface area contributed by atoms with Gasteiger partial charge in [-0.3, -0.25) is 9.59 Å². The first-order valence-electron chi connectivity index (χ1n) is 8.54. The Labute approximate surface area is 144 Å². The minimum Gasteiger partial charge on any atom is -0.421 e. The molecule has 0 heterocycles. The van der Waals surface area contributed by atoms with E-state index in [9.17, 15) is 9.59 Å². The molecule has 0 fully saturated rings. The standard InChI is InChI=1S/C20H28O4/c1-5-6-7-8-9-18-10-12-19(13-11-18)14-15(2)20(23-16(3)21)24-17(4)22/h10-14,20H,5-9H2,1-4H3/b15-14+. The summed E-state index contributed by atoms with van der Waals surface area (Å²) in [5.41, 5.74) is 2.96. The van der Waals surface area contributed by atoms with Crippen LogP contribution in [0, 0.1) is 0 Å². The van der Waals surface area contributed by atoms with Crippen molar-refractivity contribution in [3.8, 4) is 0 Å². The van der Waals surface area contributed by atoms with Crippen LogP contribution in [0.15, 0.2) is 29.8 Å². The van der Waals surface area contributed by atoms with Gasteiger partial charge in [0.25, 0.3) is 6.29 Å². The summed E-state index contributed by atoms with van der Waals surface area (Å²) in [7, 11) is 0. The highest BCUT2D eigenvalue weighted by atomic mass is 16.7. The van der Waals surface area contributed by atoms with Gasteiger partial charge in [0.15, 0.2) is 0 Å². The van der Waals surface area contributed by atoms with E-state index in [1.165, 1.54) is 45.1 Å².